The van der Waals surface area contributed by atoms with Gasteiger partial charge in [0.15, 0.2) is 0 Å². The number of hydrogen-bond acceptors (Lipinski definition) is 2. The zero-order valence-corrected chi connectivity index (χ0v) is 11.5. The summed E-state index contributed by atoms with van der Waals surface area (Å²) in [5.74, 6) is 0.758. The van der Waals surface area contributed by atoms with Crippen molar-refractivity contribution in [3.8, 4) is 0 Å². The minimum absolute atomic E-state index is 0.0271. The Morgan fingerprint density at radius 2 is 2.06 bits per heavy atom. The summed E-state index contributed by atoms with van der Waals surface area (Å²) in [6.07, 6.45) is 9.08. The smallest absolute Gasteiger partial charge is 0.240 e. The van der Waals surface area contributed by atoms with Gasteiger partial charge in [-0.15, -0.1) is 6.58 Å². The van der Waals surface area contributed by atoms with Crippen molar-refractivity contribution in [2.24, 2.45) is 5.92 Å². The average Bonchev–Trinajstić information content (AvgIpc) is 2.89. The molecule has 1 aliphatic carbocycles. The van der Waals surface area contributed by atoms with Crippen molar-refractivity contribution in [1.29, 1.82) is 0 Å². The molecule has 1 N–H and O–H groups in total. The second-order valence-corrected chi connectivity index (χ2v) is 5.77. The van der Waals surface area contributed by atoms with Gasteiger partial charge in [-0.25, -0.2) is 0 Å². The van der Waals surface area contributed by atoms with Crippen LogP contribution < -0.4 is 5.32 Å². The predicted octanol–water partition coefficient (Wildman–Crippen LogP) is 2.33. The summed E-state index contributed by atoms with van der Waals surface area (Å²) in [5, 5.41) is 3.41. The minimum Gasteiger partial charge on any atom is -0.335 e. The molecule has 0 aromatic heterocycles. The van der Waals surface area contributed by atoms with Crippen molar-refractivity contribution in [3.05, 3.63) is 12.7 Å². The highest BCUT2D eigenvalue weighted by Crippen LogP contribution is 2.26. The average molecular weight is 250 g/mol. The van der Waals surface area contributed by atoms with E-state index < -0.39 is 0 Å². The number of nitrogens with one attached hydrogen (secondary N) is 1. The van der Waals surface area contributed by atoms with Gasteiger partial charge in [-0.3, -0.25) is 4.79 Å². The molecule has 0 aromatic rings. The molecule has 0 aromatic carbocycles. The van der Waals surface area contributed by atoms with E-state index in [2.05, 4.69) is 23.7 Å². The van der Waals surface area contributed by atoms with E-state index >= 15 is 0 Å². The lowest BCUT2D eigenvalue weighted by molar-refractivity contribution is -0.137. The molecule has 0 bridgehead atoms. The van der Waals surface area contributed by atoms with Gasteiger partial charge in [0.25, 0.3) is 0 Å². The molecule has 0 radical (unpaired) electrons. The third kappa shape index (κ3) is 2.94. The van der Waals surface area contributed by atoms with Gasteiger partial charge in [0.1, 0.15) is 0 Å². The molecule has 2 rings (SSSR count). The molecule has 2 aliphatic rings. The van der Waals surface area contributed by atoms with Crippen LogP contribution in [-0.2, 0) is 4.79 Å². The number of piperidine rings is 1. The molecular formula is C15H26N2O. The molecule has 3 heteroatoms. The molecule has 1 aliphatic heterocycles. The Hall–Kier alpha value is -0.830. The summed E-state index contributed by atoms with van der Waals surface area (Å²) in [6.45, 7) is 7.68. The normalized spacial score (nSPS) is 29.2. The molecule has 1 amide bonds. The van der Waals surface area contributed by atoms with E-state index in [1.54, 1.807) is 0 Å². The largest absolute Gasteiger partial charge is 0.335 e. The Labute approximate surface area is 111 Å². The van der Waals surface area contributed by atoms with Gasteiger partial charge < -0.3 is 10.2 Å². The fraction of sp³-hybridized carbons (Fsp3) is 0.800. The monoisotopic (exact) mass is 250 g/mol. The Kier molecular flexibility index (Phi) is 4.81. The summed E-state index contributed by atoms with van der Waals surface area (Å²) in [4.78, 5) is 14.8. The van der Waals surface area contributed by atoms with Gasteiger partial charge in [0.05, 0.1) is 6.04 Å². The van der Waals surface area contributed by atoms with Crippen LogP contribution in [0.15, 0.2) is 12.7 Å². The fourth-order valence-electron chi connectivity index (χ4n) is 3.33. The van der Waals surface area contributed by atoms with Crippen LogP contribution in [0.4, 0.5) is 0 Å². The molecule has 3 nitrogen and oxygen atoms in total. The van der Waals surface area contributed by atoms with Crippen LogP contribution in [0.25, 0.3) is 0 Å². The fourth-order valence-corrected chi connectivity index (χ4v) is 3.33. The SMILES string of the molecule is C=CCN(C(=O)C1NCCCC1C)C1CCCC1. The molecule has 2 fully saturated rings. The van der Waals surface area contributed by atoms with Crippen LogP contribution in [0.3, 0.4) is 0 Å². The molecule has 0 spiro atoms. The van der Waals surface area contributed by atoms with E-state index in [0.717, 1.165) is 13.0 Å². The number of hydrogen-bond donors (Lipinski definition) is 1. The number of rotatable bonds is 4. The van der Waals surface area contributed by atoms with Crippen LogP contribution in [0, 0.1) is 5.92 Å². The van der Waals surface area contributed by atoms with E-state index in [9.17, 15) is 4.79 Å². The topological polar surface area (TPSA) is 32.3 Å². The van der Waals surface area contributed by atoms with E-state index in [0.29, 0.717) is 24.4 Å². The van der Waals surface area contributed by atoms with Crippen LogP contribution in [-0.4, -0.2) is 36.0 Å². The first kappa shape index (κ1) is 13.6. The van der Waals surface area contributed by atoms with Crippen molar-refractivity contribution in [2.45, 2.75) is 57.5 Å². The van der Waals surface area contributed by atoms with E-state index in [1.165, 1.54) is 32.1 Å². The van der Waals surface area contributed by atoms with Crippen LogP contribution in [0.5, 0.6) is 0 Å². The lowest BCUT2D eigenvalue weighted by Crippen LogP contribution is -2.54. The van der Waals surface area contributed by atoms with E-state index in [-0.39, 0.29) is 6.04 Å². The van der Waals surface area contributed by atoms with Crippen molar-refractivity contribution in [1.82, 2.24) is 10.2 Å². The van der Waals surface area contributed by atoms with Gasteiger partial charge in [0, 0.05) is 12.6 Å². The van der Waals surface area contributed by atoms with Gasteiger partial charge >= 0.3 is 0 Å². The van der Waals surface area contributed by atoms with Crippen molar-refractivity contribution in [2.75, 3.05) is 13.1 Å². The highest BCUT2D eigenvalue weighted by atomic mass is 16.2. The van der Waals surface area contributed by atoms with Crippen LogP contribution >= 0.6 is 0 Å². The molecule has 1 saturated carbocycles. The maximum Gasteiger partial charge on any atom is 0.240 e. The lowest BCUT2D eigenvalue weighted by atomic mass is 9.91. The molecule has 2 atom stereocenters. The zero-order valence-electron chi connectivity index (χ0n) is 11.5. The molecule has 18 heavy (non-hydrogen) atoms. The molecule has 1 saturated heterocycles. The Bertz CT molecular complexity index is 297. The van der Waals surface area contributed by atoms with E-state index in [4.69, 9.17) is 0 Å². The minimum atomic E-state index is 0.0271. The summed E-state index contributed by atoms with van der Waals surface area (Å²) >= 11 is 0. The van der Waals surface area contributed by atoms with Gasteiger partial charge in [-0.05, 0) is 38.1 Å². The highest BCUT2D eigenvalue weighted by molar-refractivity contribution is 5.82. The van der Waals surface area contributed by atoms with Crippen molar-refractivity contribution >= 4 is 5.91 Å². The third-order valence-electron chi connectivity index (χ3n) is 4.41. The maximum absolute atomic E-state index is 12.7. The quantitative estimate of drug-likeness (QED) is 0.777. The second kappa shape index (κ2) is 6.37. The standard InChI is InChI=1S/C15H26N2O/c1-3-11-17(13-8-4-5-9-13)15(18)14-12(2)7-6-10-16-14/h3,12-14,16H,1,4-11H2,2H3. The number of nitrogens with zero attached hydrogens (tertiary/aromatic N) is 1. The Morgan fingerprint density at radius 1 is 1.33 bits per heavy atom. The second-order valence-electron chi connectivity index (χ2n) is 5.77. The summed E-state index contributed by atoms with van der Waals surface area (Å²) < 4.78 is 0. The lowest BCUT2D eigenvalue weighted by Gasteiger charge is -2.36. The molecule has 2 unspecified atom stereocenters. The van der Waals surface area contributed by atoms with Crippen molar-refractivity contribution in [3.63, 3.8) is 0 Å². The summed E-state index contributed by atoms with van der Waals surface area (Å²) in [7, 11) is 0. The predicted molar refractivity (Wildman–Crippen MR) is 74.4 cm³/mol. The van der Waals surface area contributed by atoms with Gasteiger partial charge in [-0.1, -0.05) is 25.8 Å². The van der Waals surface area contributed by atoms with Crippen molar-refractivity contribution < 1.29 is 4.79 Å². The van der Waals surface area contributed by atoms with Crippen LogP contribution in [0.2, 0.25) is 0 Å². The Balaban J connectivity index is 2.03. The molecule has 102 valence electrons. The van der Waals surface area contributed by atoms with E-state index in [1.807, 2.05) is 6.08 Å². The number of carbonyl (C=O) groups is 1. The summed E-state index contributed by atoms with van der Waals surface area (Å²) in [6, 6.07) is 0.478. The molecule has 1 heterocycles. The van der Waals surface area contributed by atoms with Crippen LogP contribution in [0.1, 0.15) is 45.4 Å². The zero-order chi connectivity index (χ0) is 13.0. The first-order valence-corrected chi connectivity index (χ1v) is 7.38. The summed E-state index contributed by atoms with van der Waals surface area (Å²) in [5.41, 5.74) is 0. The first-order chi connectivity index (χ1) is 8.74. The van der Waals surface area contributed by atoms with Gasteiger partial charge in [0.2, 0.25) is 5.91 Å². The molecular weight excluding hydrogens is 224 g/mol. The maximum atomic E-state index is 12.7. The van der Waals surface area contributed by atoms with Gasteiger partial charge in [-0.2, -0.15) is 0 Å². The number of carbonyl (C=O) groups excluding carboxylic acids is 1. The number of amides is 1. The third-order valence-corrected chi connectivity index (χ3v) is 4.41. The first-order valence-electron chi connectivity index (χ1n) is 7.38. The highest BCUT2D eigenvalue weighted by Gasteiger charge is 2.34. The Morgan fingerprint density at radius 3 is 2.67 bits per heavy atom.